The van der Waals surface area contributed by atoms with Crippen LogP contribution in [0.3, 0.4) is 0 Å². The van der Waals surface area contributed by atoms with E-state index in [0.717, 1.165) is 12.1 Å². The standard InChI is InChI=1S/C14H24N2O/c1-3-4-5-6-7-8-11-17-14-13(15)10-9-12(2)16-14/h9-10H,3-8,11,15H2,1-2H3. The van der Waals surface area contributed by atoms with Crippen molar-refractivity contribution in [2.45, 2.75) is 52.4 Å². The molecule has 0 bridgehead atoms. The van der Waals surface area contributed by atoms with E-state index >= 15 is 0 Å². The monoisotopic (exact) mass is 236 g/mol. The summed E-state index contributed by atoms with van der Waals surface area (Å²) in [5, 5.41) is 0. The number of ether oxygens (including phenoxy) is 1. The molecule has 0 amide bonds. The summed E-state index contributed by atoms with van der Waals surface area (Å²) in [5.74, 6) is 0.582. The van der Waals surface area contributed by atoms with Crippen LogP contribution in [-0.2, 0) is 0 Å². The molecule has 0 aliphatic rings. The van der Waals surface area contributed by atoms with Crippen molar-refractivity contribution in [2.24, 2.45) is 0 Å². The average molecular weight is 236 g/mol. The van der Waals surface area contributed by atoms with Crippen LogP contribution in [0, 0.1) is 6.92 Å². The molecule has 1 aromatic heterocycles. The number of nitrogens with two attached hydrogens (primary N) is 1. The first kappa shape index (κ1) is 13.8. The first-order valence-electron chi connectivity index (χ1n) is 6.60. The Morgan fingerprint density at radius 2 is 1.82 bits per heavy atom. The van der Waals surface area contributed by atoms with Crippen LogP contribution >= 0.6 is 0 Å². The number of hydrogen-bond donors (Lipinski definition) is 1. The van der Waals surface area contributed by atoms with Crippen molar-refractivity contribution in [2.75, 3.05) is 12.3 Å². The number of pyridine rings is 1. The second-order valence-electron chi connectivity index (χ2n) is 4.46. The fourth-order valence-electron chi connectivity index (χ4n) is 1.71. The predicted molar refractivity (Wildman–Crippen MR) is 72.3 cm³/mol. The molecule has 0 aliphatic heterocycles. The molecule has 1 aromatic rings. The summed E-state index contributed by atoms with van der Waals surface area (Å²) in [6, 6.07) is 3.74. The molecule has 96 valence electrons. The van der Waals surface area contributed by atoms with Gasteiger partial charge in [-0.05, 0) is 25.5 Å². The number of anilines is 1. The fourth-order valence-corrected chi connectivity index (χ4v) is 1.71. The normalized spacial score (nSPS) is 10.5. The van der Waals surface area contributed by atoms with Crippen molar-refractivity contribution in [3.05, 3.63) is 17.8 Å². The van der Waals surface area contributed by atoms with E-state index in [1.165, 1.54) is 32.1 Å². The second-order valence-corrected chi connectivity index (χ2v) is 4.46. The zero-order valence-electron chi connectivity index (χ0n) is 11.0. The zero-order valence-corrected chi connectivity index (χ0v) is 11.0. The summed E-state index contributed by atoms with van der Waals surface area (Å²) in [6.45, 7) is 4.89. The largest absolute Gasteiger partial charge is 0.476 e. The summed E-state index contributed by atoms with van der Waals surface area (Å²) in [4.78, 5) is 4.27. The molecule has 0 unspecified atom stereocenters. The molecular weight excluding hydrogens is 212 g/mol. The number of aryl methyl sites for hydroxylation is 1. The fraction of sp³-hybridized carbons (Fsp3) is 0.643. The lowest BCUT2D eigenvalue weighted by Crippen LogP contribution is -2.03. The minimum atomic E-state index is 0.582. The summed E-state index contributed by atoms with van der Waals surface area (Å²) < 4.78 is 5.59. The molecular formula is C14H24N2O. The third kappa shape index (κ3) is 5.57. The van der Waals surface area contributed by atoms with Crippen LogP contribution in [0.1, 0.15) is 51.1 Å². The lowest BCUT2D eigenvalue weighted by atomic mass is 10.1. The van der Waals surface area contributed by atoms with Gasteiger partial charge in [0.15, 0.2) is 0 Å². The van der Waals surface area contributed by atoms with Gasteiger partial charge in [0.05, 0.1) is 12.3 Å². The molecule has 1 heterocycles. The number of aromatic nitrogens is 1. The van der Waals surface area contributed by atoms with Crippen LogP contribution in [0.2, 0.25) is 0 Å². The molecule has 0 saturated heterocycles. The average Bonchev–Trinajstić information content (AvgIpc) is 2.32. The van der Waals surface area contributed by atoms with Gasteiger partial charge >= 0.3 is 0 Å². The SMILES string of the molecule is CCCCCCCCOc1nc(C)ccc1N. The van der Waals surface area contributed by atoms with E-state index in [1.807, 2.05) is 19.1 Å². The van der Waals surface area contributed by atoms with Gasteiger partial charge in [-0.3, -0.25) is 0 Å². The van der Waals surface area contributed by atoms with Crippen molar-refractivity contribution < 1.29 is 4.74 Å². The van der Waals surface area contributed by atoms with Gasteiger partial charge in [-0.25, -0.2) is 4.98 Å². The first-order valence-corrected chi connectivity index (χ1v) is 6.60. The third-order valence-electron chi connectivity index (χ3n) is 2.77. The van der Waals surface area contributed by atoms with Gasteiger partial charge < -0.3 is 10.5 Å². The lowest BCUT2D eigenvalue weighted by Gasteiger charge is -2.08. The highest BCUT2D eigenvalue weighted by Gasteiger charge is 2.01. The van der Waals surface area contributed by atoms with Crippen LogP contribution in [0.15, 0.2) is 12.1 Å². The van der Waals surface area contributed by atoms with Crippen molar-refractivity contribution in [3.63, 3.8) is 0 Å². The maximum atomic E-state index is 5.78. The van der Waals surface area contributed by atoms with Gasteiger partial charge in [0, 0.05) is 5.69 Å². The number of unbranched alkanes of at least 4 members (excludes halogenated alkanes) is 5. The Kier molecular flexibility index (Phi) is 6.45. The zero-order chi connectivity index (χ0) is 12.5. The Morgan fingerprint density at radius 1 is 1.12 bits per heavy atom. The van der Waals surface area contributed by atoms with E-state index in [0.29, 0.717) is 18.2 Å². The molecule has 0 aliphatic carbocycles. The lowest BCUT2D eigenvalue weighted by molar-refractivity contribution is 0.294. The Morgan fingerprint density at radius 3 is 2.59 bits per heavy atom. The highest BCUT2D eigenvalue weighted by Crippen LogP contribution is 2.18. The van der Waals surface area contributed by atoms with Crippen molar-refractivity contribution >= 4 is 5.69 Å². The van der Waals surface area contributed by atoms with Crippen molar-refractivity contribution in [1.29, 1.82) is 0 Å². The first-order chi connectivity index (χ1) is 8.24. The highest BCUT2D eigenvalue weighted by atomic mass is 16.5. The van der Waals surface area contributed by atoms with E-state index in [-0.39, 0.29) is 0 Å². The highest BCUT2D eigenvalue weighted by molar-refractivity contribution is 5.48. The van der Waals surface area contributed by atoms with E-state index in [1.54, 1.807) is 0 Å². The third-order valence-corrected chi connectivity index (χ3v) is 2.77. The Bertz CT molecular complexity index is 326. The number of rotatable bonds is 8. The Labute approximate surface area is 104 Å². The van der Waals surface area contributed by atoms with Gasteiger partial charge in [0.25, 0.3) is 0 Å². The predicted octanol–water partition coefficient (Wildman–Crippen LogP) is 3.71. The summed E-state index contributed by atoms with van der Waals surface area (Å²) >= 11 is 0. The topological polar surface area (TPSA) is 48.1 Å². The van der Waals surface area contributed by atoms with Crippen LogP contribution in [0.5, 0.6) is 5.88 Å². The Hall–Kier alpha value is -1.25. The summed E-state index contributed by atoms with van der Waals surface area (Å²) in [6.07, 6.45) is 7.58. The summed E-state index contributed by atoms with van der Waals surface area (Å²) in [5.41, 5.74) is 7.35. The van der Waals surface area contributed by atoms with Crippen LogP contribution in [-0.4, -0.2) is 11.6 Å². The molecule has 0 atom stereocenters. The van der Waals surface area contributed by atoms with E-state index in [4.69, 9.17) is 10.5 Å². The number of hydrogen-bond acceptors (Lipinski definition) is 3. The van der Waals surface area contributed by atoms with E-state index in [2.05, 4.69) is 11.9 Å². The maximum Gasteiger partial charge on any atom is 0.237 e. The van der Waals surface area contributed by atoms with E-state index in [9.17, 15) is 0 Å². The molecule has 0 fully saturated rings. The molecule has 17 heavy (non-hydrogen) atoms. The van der Waals surface area contributed by atoms with Crippen LogP contribution in [0.4, 0.5) is 5.69 Å². The molecule has 0 spiro atoms. The van der Waals surface area contributed by atoms with Crippen LogP contribution in [0.25, 0.3) is 0 Å². The minimum Gasteiger partial charge on any atom is -0.476 e. The molecule has 3 nitrogen and oxygen atoms in total. The van der Waals surface area contributed by atoms with Crippen molar-refractivity contribution in [1.82, 2.24) is 4.98 Å². The van der Waals surface area contributed by atoms with Gasteiger partial charge in [0.1, 0.15) is 0 Å². The molecule has 0 saturated carbocycles. The quantitative estimate of drug-likeness (QED) is 0.700. The van der Waals surface area contributed by atoms with Gasteiger partial charge in [0.2, 0.25) is 5.88 Å². The molecule has 3 heteroatoms. The van der Waals surface area contributed by atoms with Gasteiger partial charge in [-0.2, -0.15) is 0 Å². The number of nitrogen functional groups attached to an aromatic ring is 1. The summed E-state index contributed by atoms with van der Waals surface area (Å²) in [7, 11) is 0. The molecule has 0 radical (unpaired) electrons. The van der Waals surface area contributed by atoms with Crippen molar-refractivity contribution in [3.8, 4) is 5.88 Å². The van der Waals surface area contributed by atoms with Gasteiger partial charge in [-0.1, -0.05) is 39.0 Å². The van der Waals surface area contributed by atoms with Crippen LogP contribution < -0.4 is 10.5 Å². The maximum absolute atomic E-state index is 5.78. The van der Waals surface area contributed by atoms with E-state index < -0.39 is 0 Å². The Balaban J connectivity index is 2.15. The molecule has 2 N–H and O–H groups in total. The smallest absolute Gasteiger partial charge is 0.237 e. The molecule has 1 rings (SSSR count). The van der Waals surface area contributed by atoms with Gasteiger partial charge in [-0.15, -0.1) is 0 Å². The minimum absolute atomic E-state index is 0.582. The second kappa shape index (κ2) is 7.93. The molecule has 0 aromatic carbocycles. The number of nitrogens with zero attached hydrogens (tertiary/aromatic N) is 1.